The molecule has 144 valence electrons. The van der Waals surface area contributed by atoms with Crippen molar-refractivity contribution >= 4 is 18.2 Å². The zero-order valence-corrected chi connectivity index (χ0v) is 16.5. The lowest BCUT2D eigenvalue weighted by Gasteiger charge is -2.30. The normalized spacial score (nSPS) is 18.6. The van der Waals surface area contributed by atoms with Crippen molar-refractivity contribution in [3.8, 4) is 5.69 Å². The summed E-state index contributed by atoms with van der Waals surface area (Å²) in [6, 6.07) is 10.2. The first-order chi connectivity index (χ1) is 13.2. The highest BCUT2D eigenvalue weighted by molar-refractivity contribution is 7.71. The smallest absolute Gasteiger partial charge is 0.309 e. The summed E-state index contributed by atoms with van der Waals surface area (Å²) in [6.07, 6.45) is 4.04. The highest BCUT2D eigenvalue weighted by Gasteiger charge is 2.31. The van der Waals surface area contributed by atoms with Gasteiger partial charge < -0.3 is 4.74 Å². The Morgan fingerprint density at radius 3 is 2.52 bits per heavy atom. The molecule has 7 heteroatoms. The maximum Gasteiger partial charge on any atom is 0.309 e. The van der Waals surface area contributed by atoms with E-state index in [2.05, 4.69) is 21.6 Å². The van der Waals surface area contributed by atoms with Gasteiger partial charge in [0.2, 0.25) is 4.77 Å². The lowest BCUT2D eigenvalue weighted by atomic mass is 9.97. The number of likely N-dealkylation sites (tertiary alicyclic amines) is 1. The lowest BCUT2D eigenvalue weighted by molar-refractivity contribution is -0.149. The van der Waals surface area contributed by atoms with Gasteiger partial charge in [0, 0.05) is 24.7 Å². The summed E-state index contributed by atoms with van der Waals surface area (Å²) in [5.41, 5.74) is 1.08. The maximum atomic E-state index is 11.9. The summed E-state index contributed by atoms with van der Waals surface area (Å²) >= 11 is 5.77. The van der Waals surface area contributed by atoms with Crippen LogP contribution in [0.5, 0.6) is 0 Å². The van der Waals surface area contributed by atoms with E-state index in [1.54, 1.807) is 0 Å². The molecule has 2 fully saturated rings. The van der Waals surface area contributed by atoms with Gasteiger partial charge in [0.05, 0.1) is 19.2 Å². The molecule has 1 aromatic heterocycles. The van der Waals surface area contributed by atoms with Crippen molar-refractivity contribution in [2.45, 2.75) is 45.2 Å². The second kappa shape index (κ2) is 7.94. The number of esters is 1. The van der Waals surface area contributed by atoms with Crippen LogP contribution in [0.2, 0.25) is 0 Å². The van der Waals surface area contributed by atoms with Crippen molar-refractivity contribution in [2.75, 3.05) is 19.7 Å². The largest absolute Gasteiger partial charge is 0.466 e. The zero-order chi connectivity index (χ0) is 18.8. The number of aromatic nitrogens is 3. The number of para-hydroxylation sites is 1. The summed E-state index contributed by atoms with van der Waals surface area (Å²) in [6.45, 7) is 4.71. The van der Waals surface area contributed by atoms with Crippen LogP contribution < -0.4 is 0 Å². The van der Waals surface area contributed by atoms with Crippen LogP contribution in [-0.4, -0.2) is 44.9 Å². The van der Waals surface area contributed by atoms with E-state index in [4.69, 9.17) is 22.1 Å². The van der Waals surface area contributed by atoms with Crippen LogP contribution in [0.25, 0.3) is 5.69 Å². The van der Waals surface area contributed by atoms with Crippen LogP contribution in [0.4, 0.5) is 0 Å². The first-order valence-corrected chi connectivity index (χ1v) is 10.2. The van der Waals surface area contributed by atoms with Gasteiger partial charge in [-0.2, -0.15) is 5.10 Å². The Kier molecular flexibility index (Phi) is 5.41. The van der Waals surface area contributed by atoms with Crippen LogP contribution in [-0.2, 0) is 16.2 Å². The molecule has 0 bridgehead atoms. The number of benzene rings is 1. The minimum Gasteiger partial charge on any atom is -0.466 e. The first kappa shape index (κ1) is 18.4. The molecule has 1 saturated carbocycles. The number of piperidine rings is 1. The number of hydrogen-bond donors (Lipinski definition) is 0. The van der Waals surface area contributed by atoms with E-state index in [1.807, 2.05) is 29.8 Å². The van der Waals surface area contributed by atoms with Gasteiger partial charge in [-0.1, -0.05) is 18.2 Å². The molecular formula is C20H26N4O2S. The number of hydrogen-bond acceptors (Lipinski definition) is 5. The van der Waals surface area contributed by atoms with E-state index >= 15 is 0 Å². The molecule has 0 radical (unpaired) electrons. The molecule has 0 unspecified atom stereocenters. The van der Waals surface area contributed by atoms with Gasteiger partial charge in [0.25, 0.3) is 0 Å². The van der Waals surface area contributed by atoms with Crippen molar-refractivity contribution in [3.05, 3.63) is 40.9 Å². The number of carbonyl (C=O) groups is 1. The number of nitrogens with zero attached hydrogens (tertiary/aromatic N) is 4. The van der Waals surface area contributed by atoms with Crippen molar-refractivity contribution in [1.29, 1.82) is 0 Å². The molecule has 2 aliphatic rings. The van der Waals surface area contributed by atoms with Crippen molar-refractivity contribution in [3.63, 3.8) is 0 Å². The highest BCUT2D eigenvalue weighted by atomic mass is 32.1. The molecule has 27 heavy (non-hydrogen) atoms. The third-order valence-corrected chi connectivity index (χ3v) is 5.76. The monoisotopic (exact) mass is 386 g/mol. The average molecular weight is 387 g/mol. The van der Waals surface area contributed by atoms with Crippen LogP contribution in [0, 0.1) is 10.7 Å². The molecule has 2 heterocycles. The minimum atomic E-state index is -0.0573. The maximum absolute atomic E-state index is 11.9. The molecule has 2 aromatic rings. The number of rotatable bonds is 6. The van der Waals surface area contributed by atoms with Crippen molar-refractivity contribution in [2.24, 2.45) is 5.92 Å². The Morgan fingerprint density at radius 1 is 1.19 bits per heavy atom. The summed E-state index contributed by atoms with van der Waals surface area (Å²) in [5, 5.41) is 4.87. The van der Waals surface area contributed by atoms with Crippen LogP contribution in [0.15, 0.2) is 30.3 Å². The molecule has 1 aliphatic carbocycles. The third-order valence-electron chi connectivity index (χ3n) is 5.36. The topological polar surface area (TPSA) is 52.3 Å². The highest BCUT2D eigenvalue weighted by Crippen LogP contribution is 2.40. The predicted molar refractivity (Wildman–Crippen MR) is 105 cm³/mol. The summed E-state index contributed by atoms with van der Waals surface area (Å²) in [7, 11) is 0. The molecule has 1 saturated heterocycles. The molecule has 1 aromatic carbocycles. The molecule has 0 amide bonds. The fraction of sp³-hybridized carbons (Fsp3) is 0.550. The molecule has 4 rings (SSSR count). The van der Waals surface area contributed by atoms with Crippen LogP contribution in [0.1, 0.15) is 44.3 Å². The van der Waals surface area contributed by atoms with Gasteiger partial charge in [-0.25, -0.2) is 4.68 Å². The second-order valence-corrected chi connectivity index (χ2v) is 7.74. The SMILES string of the molecule is CCOC(=O)C1CCN(Cn2nc(C3CC3)n(-c3ccccc3)c2=S)CC1. The fourth-order valence-electron chi connectivity index (χ4n) is 3.70. The van der Waals surface area contributed by atoms with Crippen LogP contribution >= 0.6 is 12.2 Å². The third kappa shape index (κ3) is 3.99. The Morgan fingerprint density at radius 2 is 1.89 bits per heavy atom. The minimum absolute atomic E-state index is 0.0260. The van der Waals surface area contributed by atoms with Gasteiger partial charge >= 0.3 is 5.97 Å². The van der Waals surface area contributed by atoms with Gasteiger partial charge in [0.15, 0.2) is 0 Å². The number of carbonyl (C=O) groups excluding carboxylic acids is 1. The Labute approximate surface area is 164 Å². The zero-order valence-electron chi connectivity index (χ0n) is 15.7. The molecule has 1 aliphatic heterocycles. The number of ether oxygens (including phenoxy) is 1. The van der Waals surface area contributed by atoms with Gasteiger partial charge in [0.1, 0.15) is 5.82 Å². The van der Waals surface area contributed by atoms with Crippen molar-refractivity contribution < 1.29 is 9.53 Å². The van der Waals surface area contributed by atoms with E-state index in [0.29, 0.717) is 19.2 Å². The molecule has 0 N–H and O–H groups in total. The fourth-order valence-corrected chi connectivity index (χ4v) is 4.00. The Bertz CT molecular complexity index is 849. The molecule has 6 nitrogen and oxygen atoms in total. The summed E-state index contributed by atoms with van der Waals surface area (Å²) < 4.78 is 9.97. The predicted octanol–water partition coefficient (Wildman–Crippen LogP) is 3.51. The standard InChI is InChI=1S/C20H26N4O2S/c1-2-26-19(25)16-10-12-22(13-11-16)14-23-20(27)24(17-6-4-3-5-7-17)18(21-23)15-8-9-15/h3-7,15-16H,2,8-14H2,1H3. The van der Waals surface area contributed by atoms with E-state index in [1.165, 1.54) is 12.8 Å². The van der Waals surface area contributed by atoms with E-state index in [-0.39, 0.29) is 11.9 Å². The first-order valence-electron chi connectivity index (χ1n) is 9.81. The second-order valence-electron chi connectivity index (χ2n) is 7.37. The Balaban J connectivity index is 1.49. The summed E-state index contributed by atoms with van der Waals surface area (Å²) in [5.74, 6) is 1.56. The van der Waals surface area contributed by atoms with Gasteiger partial charge in [-0.15, -0.1) is 0 Å². The molecular weight excluding hydrogens is 360 g/mol. The van der Waals surface area contributed by atoms with E-state index in [9.17, 15) is 4.79 Å². The van der Waals surface area contributed by atoms with E-state index < -0.39 is 0 Å². The van der Waals surface area contributed by atoms with Gasteiger partial charge in [-0.3, -0.25) is 14.3 Å². The Hall–Kier alpha value is -1.99. The molecule has 0 spiro atoms. The quantitative estimate of drug-likeness (QED) is 0.562. The van der Waals surface area contributed by atoms with Crippen molar-refractivity contribution in [1.82, 2.24) is 19.2 Å². The van der Waals surface area contributed by atoms with Crippen LogP contribution in [0.3, 0.4) is 0 Å². The lowest BCUT2D eigenvalue weighted by Crippen LogP contribution is -2.38. The molecule has 0 atom stereocenters. The van der Waals surface area contributed by atoms with E-state index in [0.717, 1.165) is 42.2 Å². The van der Waals surface area contributed by atoms with Gasteiger partial charge in [-0.05, 0) is 57.0 Å². The summed E-state index contributed by atoms with van der Waals surface area (Å²) in [4.78, 5) is 14.2. The average Bonchev–Trinajstić information content (AvgIpc) is 3.48.